The fourth-order valence-electron chi connectivity index (χ4n) is 0. The Morgan fingerprint density at radius 2 is 1.71 bits per heavy atom. The van der Waals surface area contributed by atoms with Gasteiger partial charge in [-0.1, -0.05) is 0 Å². The van der Waals surface area contributed by atoms with Crippen LogP contribution in [0.4, 0.5) is 0 Å². The van der Waals surface area contributed by atoms with E-state index in [0.717, 1.165) is 0 Å². The normalized spacial score (nSPS) is 5.43. The Hall–Kier alpha value is 1.46. The summed E-state index contributed by atoms with van der Waals surface area (Å²) in [7, 11) is 2.40. The van der Waals surface area contributed by atoms with Crippen molar-refractivity contribution in [2.24, 2.45) is 4.74 Å². The summed E-state index contributed by atoms with van der Waals surface area (Å²) in [6, 6.07) is 0. The van der Waals surface area contributed by atoms with Crippen LogP contribution >= 0.6 is 17.5 Å². The van der Waals surface area contributed by atoms with Crippen molar-refractivity contribution >= 4 is 29.7 Å². The fraction of sp³-hybridized carbons (Fsp3) is 0.500. The van der Waals surface area contributed by atoms with Crippen LogP contribution in [0.15, 0.2) is 4.74 Å². The molecule has 43 valence electrons. The van der Waals surface area contributed by atoms with E-state index >= 15 is 0 Å². The molecule has 0 fully saturated rings. The minimum absolute atomic E-state index is 0. The molecule has 0 aliphatic heterocycles. The van der Waals surface area contributed by atoms with E-state index in [1.54, 1.807) is 7.05 Å². The monoisotopic (exact) mass is 192 g/mol. The van der Waals surface area contributed by atoms with Crippen LogP contribution < -0.4 is 0 Å². The topological polar surface area (TPSA) is 12.4 Å². The number of nitrogens with zero attached hydrogens (tertiary/aromatic N) is 1. The number of hydrogen-bond donors (Lipinski definition) is 0. The van der Waals surface area contributed by atoms with Gasteiger partial charge in [0.25, 0.3) is 0 Å². The van der Waals surface area contributed by atoms with Crippen LogP contribution in [0.1, 0.15) is 0 Å². The quantitative estimate of drug-likeness (QED) is 0.323. The van der Waals surface area contributed by atoms with Crippen molar-refractivity contribution in [2.45, 2.75) is 0 Å². The Kier molecular flexibility index (Phi) is 87.9. The smallest absolute Gasteiger partial charge is 0.707 e. The first kappa shape index (κ1) is 23.7. The third-order valence-corrected chi connectivity index (χ3v) is 0.735. The van der Waals surface area contributed by atoms with Gasteiger partial charge in [0.05, 0.1) is 0 Å². The molecule has 0 spiro atoms. The van der Waals surface area contributed by atoms with Crippen molar-refractivity contribution in [2.75, 3.05) is 7.05 Å². The molecule has 0 aromatic rings. The molecular weight excluding hydrogens is 183 g/mol. The minimum atomic E-state index is 0. The summed E-state index contributed by atoms with van der Waals surface area (Å²) in [5, 5.41) is 0. The van der Waals surface area contributed by atoms with E-state index in [2.05, 4.69) is 17.0 Å². The summed E-state index contributed by atoms with van der Waals surface area (Å²) in [5.41, 5.74) is 0. The Balaban J connectivity index is -0.0000000150. The van der Waals surface area contributed by atoms with E-state index in [9.17, 15) is 0 Å². The zero-order chi connectivity index (χ0) is 3.41. The molecule has 1 atom stereocenters. The van der Waals surface area contributed by atoms with Gasteiger partial charge in [-0.25, -0.2) is 0 Å². The van der Waals surface area contributed by atoms with Crippen LogP contribution in [0.2, 0.25) is 0 Å². The van der Waals surface area contributed by atoms with E-state index in [-0.39, 0.29) is 35.9 Å². The van der Waals surface area contributed by atoms with Crippen LogP contribution in [0, 0.1) is 7.43 Å². The molecule has 0 saturated heterocycles. The van der Waals surface area contributed by atoms with Crippen molar-refractivity contribution in [1.82, 2.24) is 0 Å². The van der Waals surface area contributed by atoms with Crippen LogP contribution in [0.25, 0.3) is 0 Å². The molecule has 5 heteroatoms. The summed E-state index contributed by atoms with van der Waals surface area (Å²) in [6.45, 7) is 0. The second-order valence-electron chi connectivity index (χ2n) is 0.282. The third kappa shape index (κ3) is 36.7. The maximum Gasteiger partial charge on any atom is 2.00 e. The molecule has 0 aliphatic rings. The second-order valence-corrected chi connectivity index (χ2v) is 1.33. The first-order chi connectivity index (χ1) is 1.91. The molecule has 0 aliphatic carbocycles. The molecule has 7 heavy (non-hydrogen) atoms. The minimum Gasteiger partial charge on any atom is -0.707 e. The van der Waals surface area contributed by atoms with Gasteiger partial charge in [-0.2, -0.15) is 17.5 Å². The first-order valence-electron chi connectivity index (χ1n) is 0.830. The van der Waals surface area contributed by atoms with Crippen LogP contribution in [-0.4, -0.2) is 7.05 Å². The van der Waals surface area contributed by atoms with E-state index in [1.165, 1.54) is 0 Å². The second kappa shape index (κ2) is 26.0. The Labute approximate surface area is 67.6 Å². The molecule has 0 N–H and O–H groups in total. The number of hydrogen-bond acceptors (Lipinski definition) is 2. The Bertz CT molecular complexity index is 30.9. The molecule has 1 unspecified atom stereocenters. The van der Waals surface area contributed by atoms with Crippen LogP contribution in [0.5, 0.6) is 0 Å². The zero-order valence-electron chi connectivity index (χ0n) is 4.46. The largest absolute Gasteiger partial charge is 2.00 e. The fourth-order valence-corrected chi connectivity index (χ4v) is 0. The van der Waals surface area contributed by atoms with Gasteiger partial charge in [0.2, 0.25) is 0 Å². The average Bonchev–Trinajstić information content (AvgIpc) is 1.37. The van der Waals surface area contributed by atoms with Crippen molar-refractivity contribution < 1.29 is 18.6 Å². The summed E-state index contributed by atoms with van der Waals surface area (Å²) >= 11 is 4.36. The standard InChI is InChI=1S/CH3NPS.CH3.H3P.V/c1-2-3-4;;;/h1H3;2*1H3;/q2*-1;;+2. The third-order valence-electron chi connectivity index (χ3n) is 0.0816. The van der Waals surface area contributed by atoms with Gasteiger partial charge >= 0.3 is 18.6 Å². The van der Waals surface area contributed by atoms with Crippen molar-refractivity contribution in [3.05, 3.63) is 7.43 Å². The van der Waals surface area contributed by atoms with Gasteiger partial charge < -0.3 is 19.7 Å². The maximum absolute atomic E-state index is 4.36. The van der Waals surface area contributed by atoms with Crippen molar-refractivity contribution in [3.8, 4) is 0 Å². The summed E-state index contributed by atoms with van der Waals surface area (Å²) < 4.78 is 3.52. The van der Waals surface area contributed by atoms with Gasteiger partial charge in [0, 0.05) is 7.05 Å². The molecule has 0 amide bonds. The Morgan fingerprint density at radius 1 is 1.57 bits per heavy atom. The number of rotatable bonds is 0. The molecule has 0 rings (SSSR count). The summed E-state index contributed by atoms with van der Waals surface area (Å²) in [6.07, 6.45) is 0. The zero-order valence-corrected chi connectivity index (χ0v) is 8.98. The van der Waals surface area contributed by atoms with E-state index < -0.39 is 0 Å². The molecular formula is C2H9NP2SV. The molecule has 0 saturated carbocycles. The van der Waals surface area contributed by atoms with Crippen molar-refractivity contribution in [3.63, 3.8) is 0 Å². The van der Waals surface area contributed by atoms with Gasteiger partial charge in [-0.3, -0.25) is 4.74 Å². The molecule has 0 aromatic heterocycles. The Morgan fingerprint density at radius 3 is 1.71 bits per heavy atom. The SMILES string of the molecule is CN=P[S-].P.[CH3-].[V+2]. The average molecular weight is 192 g/mol. The van der Waals surface area contributed by atoms with E-state index in [1.807, 2.05) is 0 Å². The first-order valence-corrected chi connectivity index (χ1v) is 2.69. The van der Waals surface area contributed by atoms with E-state index in [0.29, 0.717) is 7.57 Å². The predicted molar refractivity (Wildman–Crippen MR) is 40.2 cm³/mol. The molecule has 0 aromatic carbocycles. The summed E-state index contributed by atoms with van der Waals surface area (Å²) in [4.78, 5) is 0. The van der Waals surface area contributed by atoms with Gasteiger partial charge in [-0.15, -0.1) is 0 Å². The maximum atomic E-state index is 4.36. The van der Waals surface area contributed by atoms with Gasteiger partial charge in [-0.05, 0) is 0 Å². The molecule has 1 nitrogen and oxygen atoms in total. The molecule has 0 bridgehead atoms. The van der Waals surface area contributed by atoms with Gasteiger partial charge in [0.1, 0.15) is 0 Å². The van der Waals surface area contributed by atoms with Crippen LogP contribution in [0.3, 0.4) is 0 Å². The molecule has 1 radical (unpaired) electrons. The van der Waals surface area contributed by atoms with Crippen molar-refractivity contribution in [1.29, 1.82) is 0 Å². The summed E-state index contributed by atoms with van der Waals surface area (Å²) in [5.74, 6) is 0. The van der Waals surface area contributed by atoms with Crippen LogP contribution in [-0.2, 0) is 30.8 Å². The predicted octanol–water partition coefficient (Wildman–Crippen LogP) is 1.71. The molecule has 0 heterocycles. The van der Waals surface area contributed by atoms with E-state index in [4.69, 9.17) is 0 Å². The van der Waals surface area contributed by atoms with Gasteiger partial charge in [0.15, 0.2) is 0 Å².